The van der Waals surface area contributed by atoms with Crippen molar-refractivity contribution >= 4 is 11.8 Å². The molecule has 0 heterocycles. The van der Waals surface area contributed by atoms with Gasteiger partial charge < -0.3 is 5.73 Å². The zero-order chi connectivity index (χ0) is 11.5. The molecule has 0 aliphatic heterocycles. The molecular formula is C10H7F3N2. The highest BCUT2D eigenvalue weighted by molar-refractivity contribution is 5.66. The third-order valence-electron chi connectivity index (χ3n) is 1.67. The van der Waals surface area contributed by atoms with Gasteiger partial charge in [0, 0.05) is 11.8 Å². The van der Waals surface area contributed by atoms with Crippen molar-refractivity contribution in [2.45, 2.75) is 6.18 Å². The highest BCUT2D eigenvalue weighted by Gasteiger charge is 2.21. The van der Waals surface area contributed by atoms with Crippen molar-refractivity contribution in [3.05, 3.63) is 35.4 Å². The molecule has 0 aliphatic rings. The Hall–Kier alpha value is -1.96. The van der Waals surface area contributed by atoms with Crippen molar-refractivity contribution in [3.8, 4) is 6.07 Å². The van der Waals surface area contributed by atoms with Crippen LogP contribution in [0.5, 0.6) is 0 Å². The fourth-order valence-corrected chi connectivity index (χ4v) is 0.973. The van der Waals surface area contributed by atoms with Gasteiger partial charge in [-0.15, -0.1) is 0 Å². The smallest absolute Gasteiger partial charge is 0.398 e. The number of nitrogens with zero attached hydrogens (tertiary/aromatic N) is 1. The zero-order valence-electron chi connectivity index (χ0n) is 7.55. The summed E-state index contributed by atoms with van der Waals surface area (Å²) in [6.07, 6.45) is -3.45. The molecule has 0 amide bonds. The van der Waals surface area contributed by atoms with Crippen LogP contribution >= 0.6 is 0 Å². The number of halogens is 3. The Morgan fingerprint density at radius 3 is 2.53 bits per heavy atom. The van der Waals surface area contributed by atoms with Crippen molar-refractivity contribution in [2.24, 2.45) is 0 Å². The molecule has 0 aliphatic carbocycles. The number of hydrogen-bond acceptors (Lipinski definition) is 2. The lowest BCUT2D eigenvalue weighted by molar-refractivity contribution is -0.0790. The number of rotatable bonds is 1. The van der Waals surface area contributed by atoms with Gasteiger partial charge >= 0.3 is 6.18 Å². The predicted molar refractivity (Wildman–Crippen MR) is 50.7 cm³/mol. The third-order valence-corrected chi connectivity index (χ3v) is 1.67. The van der Waals surface area contributed by atoms with Gasteiger partial charge in [-0.1, -0.05) is 0 Å². The molecule has 2 nitrogen and oxygen atoms in total. The van der Waals surface area contributed by atoms with Gasteiger partial charge in [0.05, 0.1) is 11.6 Å². The van der Waals surface area contributed by atoms with Crippen LogP contribution in [0, 0.1) is 11.3 Å². The summed E-state index contributed by atoms with van der Waals surface area (Å²) >= 11 is 0. The Bertz CT molecular complexity index is 427. The van der Waals surface area contributed by atoms with E-state index in [4.69, 9.17) is 11.0 Å². The minimum absolute atomic E-state index is 0.0832. The van der Waals surface area contributed by atoms with E-state index in [0.717, 1.165) is 6.08 Å². The monoisotopic (exact) mass is 212 g/mol. The maximum absolute atomic E-state index is 11.9. The largest absolute Gasteiger partial charge is 0.409 e. The van der Waals surface area contributed by atoms with E-state index in [1.165, 1.54) is 18.2 Å². The molecular weight excluding hydrogens is 205 g/mol. The van der Waals surface area contributed by atoms with Crippen LogP contribution in [0.2, 0.25) is 0 Å². The van der Waals surface area contributed by atoms with E-state index < -0.39 is 6.18 Å². The normalized spacial score (nSPS) is 11.6. The molecule has 1 aromatic rings. The SMILES string of the molecule is N#Cc1ccc(N)c(/C=C/C(F)(F)F)c1. The maximum Gasteiger partial charge on any atom is 0.409 e. The van der Waals surface area contributed by atoms with Crippen LogP contribution in [0.3, 0.4) is 0 Å². The van der Waals surface area contributed by atoms with Gasteiger partial charge in [0.2, 0.25) is 0 Å². The van der Waals surface area contributed by atoms with Crippen molar-refractivity contribution in [2.75, 3.05) is 5.73 Å². The van der Waals surface area contributed by atoms with E-state index >= 15 is 0 Å². The second-order valence-corrected chi connectivity index (χ2v) is 2.83. The van der Waals surface area contributed by atoms with Crippen LogP contribution in [0.1, 0.15) is 11.1 Å². The minimum Gasteiger partial charge on any atom is -0.398 e. The molecule has 0 radical (unpaired) electrons. The average molecular weight is 212 g/mol. The third kappa shape index (κ3) is 3.35. The second kappa shape index (κ2) is 4.05. The van der Waals surface area contributed by atoms with Crippen LogP contribution in [-0.2, 0) is 0 Å². The van der Waals surface area contributed by atoms with E-state index in [2.05, 4.69) is 0 Å². The van der Waals surface area contributed by atoms with Gasteiger partial charge in [0.25, 0.3) is 0 Å². The molecule has 5 heteroatoms. The molecule has 0 fully saturated rings. The molecule has 0 saturated heterocycles. The second-order valence-electron chi connectivity index (χ2n) is 2.83. The first-order valence-electron chi connectivity index (χ1n) is 3.98. The molecule has 2 N–H and O–H groups in total. The first-order valence-corrected chi connectivity index (χ1v) is 3.98. The lowest BCUT2D eigenvalue weighted by Gasteiger charge is -2.01. The van der Waals surface area contributed by atoms with Gasteiger partial charge in [-0.25, -0.2) is 0 Å². The van der Waals surface area contributed by atoms with Crippen molar-refractivity contribution in [1.29, 1.82) is 5.26 Å². The summed E-state index contributed by atoms with van der Waals surface area (Å²) in [5.74, 6) is 0. The molecule has 78 valence electrons. The minimum atomic E-state index is -4.38. The number of nitrogens with two attached hydrogens (primary N) is 1. The Kier molecular flexibility index (Phi) is 3.00. The van der Waals surface area contributed by atoms with Crippen LogP contribution in [-0.4, -0.2) is 6.18 Å². The fraction of sp³-hybridized carbons (Fsp3) is 0.100. The van der Waals surface area contributed by atoms with E-state index in [9.17, 15) is 13.2 Å². The number of hydrogen-bond donors (Lipinski definition) is 1. The summed E-state index contributed by atoms with van der Waals surface area (Å²) in [6.45, 7) is 0. The maximum atomic E-state index is 11.9. The Labute approximate surface area is 84.4 Å². The molecule has 0 unspecified atom stereocenters. The molecule has 0 aromatic heterocycles. The number of allylic oxidation sites excluding steroid dienone is 1. The van der Waals surface area contributed by atoms with Crippen molar-refractivity contribution in [3.63, 3.8) is 0 Å². The predicted octanol–water partition coefficient (Wildman–Crippen LogP) is 2.72. The van der Waals surface area contributed by atoms with Crippen LogP contribution in [0.15, 0.2) is 24.3 Å². The molecule has 1 aromatic carbocycles. The standard InChI is InChI=1S/C10H7F3N2/c11-10(12,13)4-3-8-5-7(6-14)1-2-9(8)15/h1-5H,15H2/b4-3+. The summed E-state index contributed by atoms with van der Waals surface area (Å²) in [6, 6.07) is 5.97. The number of anilines is 1. The number of nitrogen functional groups attached to an aromatic ring is 1. The van der Waals surface area contributed by atoms with E-state index in [0.29, 0.717) is 0 Å². The van der Waals surface area contributed by atoms with Gasteiger partial charge in [-0.3, -0.25) is 0 Å². The summed E-state index contributed by atoms with van der Waals surface area (Å²) in [5, 5.41) is 8.54. The lowest BCUT2D eigenvalue weighted by atomic mass is 10.1. The summed E-state index contributed by atoms with van der Waals surface area (Å²) in [5.41, 5.74) is 6.10. The molecule has 0 spiro atoms. The molecule has 0 bridgehead atoms. The van der Waals surface area contributed by atoms with Gasteiger partial charge in [0.1, 0.15) is 0 Å². The fourth-order valence-electron chi connectivity index (χ4n) is 0.973. The molecule has 0 saturated carbocycles. The van der Waals surface area contributed by atoms with Crippen molar-refractivity contribution in [1.82, 2.24) is 0 Å². The Balaban J connectivity index is 3.05. The lowest BCUT2D eigenvalue weighted by Crippen LogP contribution is -2.00. The molecule has 1 rings (SSSR count). The Morgan fingerprint density at radius 1 is 1.33 bits per heavy atom. The van der Waals surface area contributed by atoms with E-state index in [-0.39, 0.29) is 22.9 Å². The van der Waals surface area contributed by atoms with Crippen molar-refractivity contribution < 1.29 is 13.2 Å². The highest BCUT2D eigenvalue weighted by atomic mass is 19.4. The first kappa shape index (κ1) is 11.1. The topological polar surface area (TPSA) is 49.8 Å². The average Bonchev–Trinajstić information content (AvgIpc) is 2.15. The van der Waals surface area contributed by atoms with Crippen LogP contribution < -0.4 is 5.73 Å². The zero-order valence-corrected chi connectivity index (χ0v) is 7.55. The molecule has 15 heavy (non-hydrogen) atoms. The summed E-state index contributed by atoms with van der Waals surface area (Å²) in [4.78, 5) is 0. The number of nitriles is 1. The number of alkyl halides is 3. The van der Waals surface area contributed by atoms with Crippen LogP contribution in [0.4, 0.5) is 18.9 Å². The number of benzene rings is 1. The van der Waals surface area contributed by atoms with Gasteiger partial charge in [0.15, 0.2) is 0 Å². The Morgan fingerprint density at radius 2 is 2.00 bits per heavy atom. The summed E-state index contributed by atoms with van der Waals surface area (Å²) < 4.78 is 35.6. The highest BCUT2D eigenvalue weighted by Crippen LogP contribution is 2.21. The van der Waals surface area contributed by atoms with E-state index in [1.807, 2.05) is 6.07 Å². The molecule has 0 atom stereocenters. The van der Waals surface area contributed by atoms with Gasteiger partial charge in [-0.05, 0) is 29.8 Å². The van der Waals surface area contributed by atoms with Crippen LogP contribution in [0.25, 0.3) is 6.08 Å². The van der Waals surface area contributed by atoms with E-state index in [1.54, 1.807) is 0 Å². The summed E-state index contributed by atoms with van der Waals surface area (Å²) in [7, 11) is 0. The quantitative estimate of drug-likeness (QED) is 0.727. The van der Waals surface area contributed by atoms with Gasteiger partial charge in [-0.2, -0.15) is 18.4 Å². The first-order chi connectivity index (χ1) is 6.92.